The van der Waals surface area contributed by atoms with Gasteiger partial charge in [0.15, 0.2) is 0 Å². The van der Waals surface area contributed by atoms with Crippen LogP contribution in [0.1, 0.15) is 11.1 Å². The van der Waals surface area contributed by atoms with Gasteiger partial charge in [0.05, 0.1) is 10.6 Å². The van der Waals surface area contributed by atoms with E-state index in [1.807, 2.05) is 13.8 Å². The van der Waals surface area contributed by atoms with Gasteiger partial charge < -0.3 is 5.73 Å². The summed E-state index contributed by atoms with van der Waals surface area (Å²) in [6.07, 6.45) is 0. The molecule has 2 aromatic carbocycles. The smallest absolute Gasteiger partial charge is 0.261 e. The van der Waals surface area contributed by atoms with Gasteiger partial charge in [-0.3, -0.25) is 4.72 Å². The maximum Gasteiger partial charge on any atom is 0.261 e. The van der Waals surface area contributed by atoms with Crippen LogP contribution in [0.3, 0.4) is 0 Å². The quantitative estimate of drug-likeness (QED) is 0.829. The molecule has 0 aliphatic carbocycles. The van der Waals surface area contributed by atoms with Crippen LogP contribution in [-0.2, 0) is 10.0 Å². The molecule has 0 aromatic heterocycles. The average molecular weight is 355 g/mol. The Kier molecular flexibility index (Phi) is 4.06. The zero-order chi connectivity index (χ0) is 14.9. The number of nitrogens with two attached hydrogens (primary N) is 1. The molecular weight excluding hydrogens is 340 g/mol. The Labute approximate surface area is 127 Å². The summed E-state index contributed by atoms with van der Waals surface area (Å²) in [4.78, 5) is 0.240. The van der Waals surface area contributed by atoms with Crippen LogP contribution in [0.15, 0.2) is 45.8 Å². The Bertz CT molecular complexity index is 758. The van der Waals surface area contributed by atoms with Crippen molar-refractivity contribution in [3.63, 3.8) is 0 Å². The van der Waals surface area contributed by atoms with Crippen LogP contribution in [0.5, 0.6) is 0 Å². The van der Waals surface area contributed by atoms with Gasteiger partial charge in [0.1, 0.15) is 0 Å². The molecule has 3 N–H and O–H groups in total. The zero-order valence-electron chi connectivity index (χ0n) is 11.1. The Morgan fingerprint density at radius 3 is 2.35 bits per heavy atom. The van der Waals surface area contributed by atoms with Crippen LogP contribution < -0.4 is 10.5 Å². The monoisotopic (exact) mass is 354 g/mol. The third kappa shape index (κ3) is 3.13. The molecule has 0 aliphatic rings. The molecule has 20 heavy (non-hydrogen) atoms. The Morgan fingerprint density at radius 1 is 1.05 bits per heavy atom. The van der Waals surface area contributed by atoms with E-state index in [1.54, 1.807) is 36.4 Å². The number of sulfonamides is 1. The lowest BCUT2D eigenvalue weighted by atomic mass is 10.1. The number of benzene rings is 2. The normalized spacial score (nSPS) is 11.3. The Balaban J connectivity index is 2.38. The number of nitrogen functional groups attached to an aromatic ring is 1. The van der Waals surface area contributed by atoms with Crippen LogP contribution in [0, 0.1) is 13.8 Å². The fraction of sp³-hybridized carbons (Fsp3) is 0.143. The van der Waals surface area contributed by atoms with Crippen molar-refractivity contribution in [1.82, 2.24) is 0 Å². The van der Waals surface area contributed by atoms with Crippen molar-refractivity contribution in [3.8, 4) is 0 Å². The maximum absolute atomic E-state index is 12.3. The van der Waals surface area contributed by atoms with Crippen molar-refractivity contribution in [2.45, 2.75) is 18.7 Å². The molecular formula is C14H15BrN2O2S. The van der Waals surface area contributed by atoms with Gasteiger partial charge in [0, 0.05) is 10.2 Å². The number of aryl methyl sites for hydroxylation is 2. The first kappa shape index (κ1) is 14.9. The van der Waals surface area contributed by atoms with Crippen LogP contribution in [0.2, 0.25) is 0 Å². The number of hydrogen-bond donors (Lipinski definition) is 2. The molecule has 0 atom stereocenters. The van der Waals surface area contributed by atoms with Gasteiger partial charge in [0.25, 0.3) is 10.0 Å². The van der Waals surface area contributed by atoms with E-state index in [1.165, 1.54) is 0 Å². The van der Waals surface area contributed by atoms with Crippen molar-refractivity contribution in [1.29, 1.82) is 0 Å². The summed E-state index contributed by atoms with van der Waals surface area (Å²) >= 11 is 3.29. The molecule has 0 fully saturated rings. The maximum atomic E-state index is 12.3. The third-order valence-electron chi connectivity index (χ3n) is 3.03. The summed E-state index contributed by atoms with van der Waals surface area (Å²) in [6, 6.07) is 9.96. The highest BCUT2D eigenvalue weighted by atomic mass is 79.9. The van der Waals surface area contributed by atoms with Crippen molar-refractivity contribution in [2.24, 2.45) is 0 Å². The topological polar surface area (TPSA) is 72.2 Å². The summed E-state index contributed by atoms with van der Waals surface area (Å²) in [5.74, 6) is 0. The summed E-state index contributed by atoms with van der Waals surface area (Å²) in [7, 11) is -3.61. The molecule has 0 spiro atoms. The lowest BCUT2D eigenvalue weighted by Crippen LogP contribution is -2.13. The molecule has 0 aliphatic heterocycles. The van der Waals surface area contributed by atoms with Gasteiger partial charge >= 0.3 is 0 Å². The van der Waals surface area contributed by atoms with E-state index in [0.717, 1.165) is 11.1 Å². The van der Waals surface area contributed by atoms with Crippen LogP contribution in [-0.4, -0.2) is 8.42 Å². The molecule has 0 bridgehead atoms. The van der Waals surface area contributed by atoms with E-state index >= 15 is 0 Å². The van der Waals surface area contributed by atoms with Crippen molar-refractivity contribution in [3.05, 3.63) is 52.0 Å². The first-order chi connectivity index (χ1) is 9.29. The SMILES string of the molecule is Cc1ccc(S(=O)(=O)Nc2ccc(N)cc2Br)cc1C. The Morgan fingerprint density at radius 2 is 1.75 bits per heavy atom. The standard InChI is InChI=1S/C14H15BrN2O2S/c1-9-3-5-12(7-10(9)2)20(18,19)17-14-6-4-11(16)8-13(14)15/h3-8,17H,16H2,1-2H3. The summed E-state index contributed by atoms with van der Waals surface area (Å²) in [5.41, 5.74) is 8.64. The molecule has 2 rings (SSSR count). The van der Waals surface area contributed by atoms with Crippen molar-refractivity contribution in [2.75, 3.05) is 10.5 Å². The number of hydrogen-bond acceptors (Lipinski definition) is 3. The van der Waals surface area contributed by atoms with E-state index in [4.69, 9.17) is 5.73 Å². The number of anilines is 2. The lowest BCUT2D eigenvalue weighted by Gasteiger charge is -2.11. The van der Waals surface area contributed by atoms with E-state index in [2.05, 4.69) is 20.7 Å². The second-order valence-corrected chi connectivity index (χ2v) is 7.13. The molecule has 0 heterocycles. The van der Waals surface area contributed by atoms with Gasteiger partial charge in [-0.15, -0.1) is 0 Å². The fourth-order valence-electron chi connectivity index (χ4n) is 1.70. The highest BCUT2D eigenvalue weighted by molar-refractivity contribution is 9.10. The molecule has 0 saturated carbocycles. The van der Waals surface area contributed by atoms with Gasteiger partial charge in [-0.1, -0.05) is 6.07 Å². The van der Waals surface area contributed by atoms with Gasteiger partial charge in [0.2, 0.25) is 0 Å². The Hall–Kier alpha value is -1.53. The molecule has 6 heteroatoms. The predicted octanol–water partition coefficient (Wildman–Crippen LogP) is 3.45. The molecule has 0 unspecified atom stereocenters. The van der Waals surface area contributed by atoms with Gasteiger partial charge in [-0.05, 0) is 71.2 Å². The molecule has 0 amide bonds. The summed E-state index contributed by atoms with van der Waals surface area (Å²) in [5, 5.41) is 0. The summed E-state index contributed by atoms with van der Waals surface area (Å²) in [6.45, 7) is 3.82. The van der Waals surface area contributed by atoms with E-state index in [-0.39, 0.29) is 4.90 Å². The summed E-state index contributed by atoms with van der Waals surface area (Å²) < 4.78 is 27.8. The molecule has 0 saturated heterocycles. The van der Waals surface area contributed by atoms with Crippen molar-refractivity contribution < 1.29 is 8.42 Å². The zero-order valence-corrected chi connectivity index (χ0v) is 13.5. The number of rotatable bonds is 3. The predicted molar refractivity (Wildman–Crippen MR) is 85.3 cm³/mol. The third-order valence-corrected chi connectivity index (χ3v) is 5.05. The van der Waals surface area contributed by atoms with E-state index in [0.29, 0.717) is 15.8 Å². The van der Waals surface area contributed by atoms with Crippen molar-refractivity contribution >= 4 is 37.3 Å². The molecule has 2 aromatic rings. The fourth-order valence-corrected chi connectivity index (χ4v) is 3.49. The van der Waals surface area contributed by atoms with Crippen LogP contribution in [0.4, 0.5) is 11.4 Å². The highest BCUT2D eigenvalue weighted by Gasteiger charge is 2.16. The molecule has 4 nitrogen and oxygen atoms in total. The highest BCUT2D eigenvalue weighted by Crippen LogP contribution is 2.27. The van der Waals surface area contributed by atoms with Gasteiger partial charge in [-0.25, -0.2) is 8.42 Å². The molecule has 106 valence electrons. The first-order valence-electron chi connectivity index (χ1n) is 5.95. The molecule has 0 radical (unpaired) electrons. The minimum atomic E-state index is -3.61. The van der Waals surface area contributed by atoms with Crippen LogP contribution >= 0.6 is 15.9 Å². The number of nitrogens with one attached hydrogen (secondary N) is 1. The second-order valence-electron chi connectivity index (χ2n) is 4.59. The van der Waals surface area contributed by atoms with E-state index < -0.39 is 10.0 Å². The minimum Gasteiger partial charge on any atom is -0.399 e. The number of halogens is 1. The van der Waals surface area contributed by atoms with Crippen LogP contribution in [0.25, 0.3) is 0 Å². The lowest BCUT2D eigenvalue weighted by molar-refractivity contribution is 0.601. The largest absolute Gasteiger partial charge is 0.399 e. The second kappa shape index (κ2) is 5.46. The first-order valence-corrected chi connectivity index (χ1v) is 8.22. The van der Waals surface area contributed by atoms with Gasteiger partial charge in [-0.2, -0.15) is 0 Å². The van der Waals surface area contributed by atoms with E-state index in [9.17, 15) is 8.42 Å². The average Bonchev–Trinajstić information content (AvgIpc) is 2.36. The minimum absolute atomic E-state index is 0.240.